The summed E-state index contributed by atoms with van der Waals surface area (Å²) in [7, 11) is 0. The van der Waals surface area contributed by atoms with Crippen molar-refractivity contribution in [3.8, 4) is 0 Å². The first-order valence-corrected chi connectivity index (χ1v) is 7.03. The zero-order chi connectivity index (χ0) is 12.8. The fourth-order valence-electron chi connectivity index (χ4n) is 1.50. The maximum absolute atomic E-state index is 5.93. The molecule has 0 aliphatic heterocycles. The Balaban J connectivity index is 1.99. The quantitative estimate of drug-likeness (QED) is 0.855. The van der Waals surface area contributed by atoms with E-state index in [2.05, 4.69) is 9.97 Å². The van der Waals surface area contributed by atoms with Crippen molar-refractivity contribution in [2.75, 3.05) is 6.54 Å². The minimum atomic E-state index is 0.609. The van der Waals surface area contributed by atoms with Gasteiger partial charge in [0.15, 0.2) is 0 Å². The van der Waals surface area contributed by atoms with E-state index >= 15 is 0 Å². The summed E-state index contributed by atoms with van der Waals surface area (Å²) in [4.78, 5) is 9.83. The third kappa shape index (κ3) is 3.98. The van der Waals surface area contributed by atoms with E-state index in [1.807, 2.05) is 30.3 Å². The molecule has 0 bridgehead atoms. The second kappa shape index (κ2) is 6.73. The van der Waals surface area contributed by atoms with Crippen molar-refractivity contribution in [2.24, 2.45) is 5.73 Å². The highest BCUT2D eigenvalue weighted by atomic mass is 35.5. The monoisotopic (exact) mass is 279 g/mol. The lowest BCUT2D eigenvalue weighted by atomic mass is 10.3. The van der Waals surface area contributed by atoms with E-state index in [9.17, 15) is 0 Å². The number of aromatic nitrogens is 2. The Kier molecular flexibility index (Phi) is 4.99. The van der Waals surface area contributed by atoms with Crippen LogP contribution in [-0.2, 0) is 12.2 Å². The summed E-state index contributed by atoms with van der Waals surface area (Å²) in [6.07, 6.45) is 2.57. The molecule has 1 aromatic heterocycles. The highest BCUT2D eigenvalue weighted by Gasteiger charge is 2.01. The Morgan fingerprint density at radius 2 is 2.17 bits per heavy atom. The number of hydrogen-bond donors (Lipinski definition) is 1. The van der Waals surface area contributed by atoms with E-state index in [4.69, 9.17) is 17.3 Å². The van der Waals surface area contributed by atoms with Crippen molar-refractivity contribution < 1.29 is 0 Å². The van der Waals surface area contributed by atoms with Gasteiger partial charge in [0.2, 0.25) is 0 Å². The lowest BCUT2D eigenvalue weighted by Crippen LogP contribution is -2.06. The number of benzene rings is 1. The smallest absolute Gasteiger partial charge is 0.138 e. The average Bonchev–Trinajstić information content (AvgIpc) is 2.37. The van der Waals surface area contributed by atoms with Crippen LogP contribution < -0.4 is 5.73 Å². The molecule has 0 saturated heterocycles. The molecule has 0 aliphatic rings. The molecule has 1 aromatic carbocycles. The van der Waals surface area contributed by atoms with Crippen molar-refractivity contribution in [1.82, 2.24) is 9.97 Å². The molecule has 0 atom stereocenters. The molecule has 0 radical (unpaired) electrons. The average molecular weight is 280 g/mol. The fourth-order valence-corrected chi connectivity index (χ4v) is 2.58. The van der Waals surface area contributed by atoms with Crippen molar-refractivity contribution >= 4 is 23.4 Å². The molecule has 2 N–H and O–H groups in total. The highest BCUT2D eigenvalue weighted by molar-refractivity contribution is 7.98. The third-order valence-corrected chi connectivity index (χ3v) is 3.55. The Hall–Kier alpha value is -1.10. The van der Waals surface area contributed by atoms with E-state index in [1.165, 1.54) is 0 Å². The molecule has 0 amide bonds. The van der Waals surface area contributed by atoms with Crippen molar-refractivity contribution in [1.29, 1.82) is 0 Å². The zero-order valence-corrected chi connectivity index (χ0v) is 11.4. The summed E-state index contributed by atoms with van der Waals surface area (Å²) in [6, 6.07) is 9.68. The van der Waals surface area contributed by atoms with Crippen LogP contribution in [0.4, 0.5) is 0 Å². The largest absolute Gasteiger partial charge is 0.330 e. The van der Waals surface area contributed by atoms with Crippen LogP contribution in [0.3, 0.4) is 0 Å². The summed E-state index contributed by atoms with van der Waals surface area (Å²) >= 11 is 7.61. The van der Waals surface area contributed by atoms with Gasteiger partial charge in [-0.15, -0.1) is 11.8 Å². The van der Waals surface area contributed by atoms with Crippen LogP contribution in [0.15, 0.2) is 41.4 Å². The molecular weight excluding hydrogens is 266 g/mol. The molecule has 0 saturated carbocycles. The molecule has 5 heteroatoms. The molecule has 0 fully saturated rings. The normalized spacial score (nSPS) is 10.6. The van der Waals surface area contributed by atoms with Crippen LogP contribution in [0.5, 0.6) is 0 Å². The SMILES string of the molecule is NCCc1ccnc(CSc2cccc(Cl)c2)n1. The molecular formula is C13H14ClN3S. The summed E-state index contributed by atoms with van der Waals surface area (Å²) in [5, 5.41) is 0.748. The predicted octanol–water partition coefficient (Wildman–Crippen LogP) is 2.92. The van der Waals surface area contributed by atoms with E-state index in [0.29, 0.717) is 6.54 Å². The van der Waals surface area contributed by atoms with Gasteiger partial charge in [0, 0.05) is 28.2 Å². The topological polar surface area (TPSA) is 51.8 Å². The molecule has 2 rings (SSSR count). The van der Waals surface area contributed by atoms with E-state index in [1.54, 1.807) is 18.0 Å². The van der Waals surface area contributed by atoms with Gasteiger partial charge in [-0.2, -0.15) is 0 Å². The summed E-state index contributed by atoms with van der Waals surface area (Å²) in [6.45, 7) is 0.609. The number of nitrogens with two attached hydrogens (primary N) is 1. The predicted molar refractivity (Wildman–Crippen MR) is 75.8 cm³/mol. The van der Waals surface area contributed by atoms with E-state index < -0.39 is 0 Å². The van der Waals surface area contributed by atoms with Crippen LogP contribution in [-0.4, -0.2) is 16.5 Å². The van der Waals surface area contributed by atoms with E-state index in [0.717, 1.165) is 33.6 Å². The van der Waals surface area contributed by atoms with Gasteiger partial charge in [0.25, 0.3) is 0 Å². The zero-order valence-electron chi connectivity index (χ0n) is 9.84. The first kappa shape index (κ1) is 13.3. The fraction of sp³-hybridized carbons (Fsp3) is 0.231. The van der Waals surface area contributed by atoms with Crippen molar-refractivity contribution in [3.05, 3.63) is 53.1 Å². The first-order chi connectivity index (χ1) is 8.78. The molecule has 1 heterocycles. The third-order valence-electron chi connectivity index (χ3n) is 2.33. The Morgan fingerprint density at radius 3 is 2.94 bits per heavy atom. The standard InChI is InChI=1S/C13H14ClN3S/c14-10-2-1-3-12(8-10)18-9-13-16-7-5-11(17-13)4-6-15/h1-3,5,7-8H,4,6,9,15H2. The Morgan fingerprint density at radius 1 is 1.28 bits per heavy atom. The van der Waals surface area contributed by atoms with Crippen LogP contribution in [0.2, 0.25) is 5.02 Å². The molecule has 2 aromatic rings. The molecule has 0 spiro atoms. The molecule has 94 valence electrons. The van der Waals surface area contributed by atoms with E-state index in [-0.39, 0.29) is 0 Å². The van der Waals surface area contributed by atoms with Gasteiger partial charge < -0.3 is 5.73 Å². The van der Waals surface area contributed by atoms with Crippen molar-refractivity contribution in [2.45, 2.75) is 17.1 Å². The lowest BCUT2D eigenvalue weighted by molar-refractivity contribution is 0.883. The molecule has 3 nitrogen and oxygen atoms in total. The second-order valence-corrected chi connectivity index (χ2v) is 5.23. The minimum Gasteiger partial charge on any atom is -0.330 e. The molecule has 18 heavy (non-hydrogen) atoms. The van der Waals surface area contributed by atoms with Gasteiger partial charge in [0.1, 0.15) is 5.82 Å². The van der Waals surface area contributed by atoms with Gasteiger partial charge in [-0.25, -0.2) is 9.97 Å². The molecule has 0 unspecified atom stereocenters. The number of thioether (sulfide) groups is 1. The van der Waals surface area contributed by atoms with Crippen LogP contribution in [0.1, 0.15) is 11.5 Å². The number of hydrogen-bond acceptors (Lipinski definition) is 4. The van der Waals surface area contributed by atoms with Gasteiger partial charge in [-0.05, 0) is 30.8 Å². The van der Waals surface area contributed by atoms with Crippen LogP contribution >= 0.6 is 23.4 Å². The van der Waals surface area contributed by atoms with Crippen molar-refractivity contribution in [3.63, 3.8) is 0 Å². The highest BCUT2D eigenvalue weighted by Crippen LogP contribution is 2.23. The number of halogens is 1. The minimum absolute atomic E-state index is 0.609. The lowest BCUT2D eigenvalue weighted by Gasteiger charge is -2.03. The van der Waals surface area contributed by atoms with Gasteiger partial charge in [-0.3, -0.25) is 0 Å². The maximum atomic E-state index is 5.93. The van der Waals surface area contributed by atoms with Crippen LogP contribution in [0.25, 0.3) is 0 Å². The molecule has 0 aliphatic carbocycles. The van der Waals surface area contributed by atoms with Gasteiger partial charge in [-0.1, -0.05) is 17.7 Å². The Labute approximate surface area is 116 Å². The summed E-state index contributed by atoms with van der Waals surface area (Å²) in [5.74, 6) is 1.56. The maximum Gasteiger partial charge on any atom is 0.138 e. The second-order valence-electron chi connectivity index (χ2n) is 3.75. The summed E-state index contributed by atoms with van der Waals surface area (Å²) < 4.78 is 0. The Bertz CT molecular complexity index is 519. The number of nitrogens with zero attached hydrogens (tertiary/aromatic N) is 2. The first-order valence-electron chi connectivity index (χ1n) is 5.67. The number of rotatable bonds is 5. The van der Waals surface area contributed by atoms with Gasteiger partial charge in [0.05, 0.1) is 5.75 Å². The van der Waals surface area contributed by atoms with Gasteiger partial charge >= 0.3 is 0 Å². The summed E-state index contributed by atoms with van der Waals surface area (Å²) in [5.41, 5.74) is 6.51. The van der Waals surface area contributed by atoms with Crippen LogP contribution in [0, 0.1) is 0 Å².